The zero-order valence-electron chi connectivity index (χ0n) is 17.6. The summed E-state index contributed by atoms with van der Waals surface area (Å²) in [4.78, 5) is 31.8. The molecule has 0 saturated carbocycles. The van der Waals surface area contributed by atoms with Crippen molar-refractivity contribution in [1.29, 1.82) is 0 Å². The number of nitrogens with one attached hydrogen (secondary N) is 1. The SMILES string of the molecule is COc1ccc(Cl)cc1N1CC(C(=O)NC(c2cccc(F)c2)c2nccn2C)CC1=O. The van der Waals surface area contributed by atoms with Gasteiger partial charge in [-0.1, -0.05) is 23.7 Å². The predicted octanol–water partition coefficient (Wildman–Crippen LogP) is 3.48. The maximum Gasteiger partial charge on any atom is 0.227 e. The zero-order chi connectivity index (χ0) is 22.8. The maximum atomic E-state index is 13.9. The molecule has 32 heavy (non-hydrogen) atoms. The monoisotopic (exact) mass is 456 g/mol. The van der Waals surface area contributed by atoms with E-state index in [2.05, 4.69) is 10.3 Å². The first kappa shape index (κ1) is 21.8. The summed E-state index contributed by atoms with van der Waals surface area (Å²) >= 11 is 6.11. The second kappa shape index (κ2) is 9.00. The number of carbonyl (C=O) groups is 2. The fourth-order valence-corrected chi connectivity index (χ4v) is 4.05. The molecular formula is C23H22ClFN4O3. The number of ether oxygens (including phenoxy) is 1. The number of carbonyl (C=O) groups excluding carboxylic acids is 2. The van der Waals surface area contributed by atoms with Gasteiger partial charge in [-0.3, -0.25) is 9.59 Å². The van der Waals surface area contributed by atoms with Crippen molar-refractivity contribution in [3.05, 3.63) is 77.1 Å². The average Bonchev–Trinajstić information content (AvgIpc) is 3.37. The molecule has 0 aliphatic carbocycles. The van der Waals surface area contributed by atoms with Crippen LogP contribution in [0, 0.1) is 11.7 Å². The Hall–Kier alpha value is -3.39. The van der Waals surface area contributed by atoms with Crippen LogP contribution in [0.3, 0.4) is 0 Å². The van der Waals surface area contributed by atoms with Gasteiger partial charge in [-0.15, -0.1) is 0 Å². The highest BCUT2D eigenvalue weighted by molar-refractivity contribution is 6.31. The minimum absolute atomic E-state index is 0.0396. The Labute approximate surface area is 189 Å². The van der Waals surface area contributed by atoms with Crippen molar-refractivity contribution in [3.63, 3.8) is 0 Å². The van der Waals surface area contributed by atoms with E-state index in [1.807, 2.05) is 0 Å². The molecule has 2 aromatic carbocycles. The van der Waals surface area contributed by atoms with Crippen molar-refractivity contribution in [2.75, 3.05) is 18.6 Å². The normalized spacial score (nSPS) is 16.8. The van der Waals surface area contributed by atoms with Crippen molar-refractivity contribution in [2.45, 2.75) is 12.5 Å². The molecule has 1 aliphatic heterocycles. The predicted molar refractivity (Wildman–Crippen MR) is 118 cm³/mol. The van der Waals surface area contributed by atoms with E-state index in [4.69, 9.17) is 16.3 Å². The molecule has 1 N–H and O–H groups in total. The standard InChI is InChI=1S/C23H22ClFN4O3/c1-28-9-8-26-22(28)21(14-4-3-5-17(25)10-14)27-23(31)15-11-20(30)29(13-15)18-12-16(24)6-7-19(18)32-2/h3-10,12,15,21H,11,13H2,1-2H3,(H,27,31). The van der Waals surface area contributed by atoms with Crippen molar-refractivity contribution in [3.8, 4) is 5.75 Å². The van der Waals surface area contributed by atoms with E-state index in [1.54, 1.807) is 54.3 Å². The molecule has 2 atom stereocenters. The lowest BCUT2D eigenvalue weighted by Gasteiger charge is -2.22. The van der Waals surface area contributed by atoms with Gasteiger partial charge in [0.1, 0.15) is 23.4 Å². The third kappa shape index (κ3) is 4.31. The van der Waals surface area contributed by atoms with Crippen molar-refractivity contribution >= 4 is 29.1 Å². The molecule has 2 heterocycles. The number of hydrogen-bond acceptors (Lipinski definition) is 4. The highest BCUT2D eigenvalue weighted by atomic mass is 35.5. The lowest BCUT2D eigenvalue weighted by atomic mass is 10.0. The molecular weight excluding hydrogens is 435 g/mol. The third-order valence-electron chi connectivity index (χ3n) is 5.51. The van der Waals surface area contributed by atoms with Gasteiger partial charge in [0, 0.05) is 37.4 Å². The van der Waals surface area contributed by atoms with Crippen LogP contribution in [0.1, 0.15) is 23.9 Å². The van der Waals surface area contributed by atoms with Gasteiger partial charge in [-0.25, -0.2) is 9.37 Å². The van der Waals surface area contributed by atoms with E-state index < -0.39 is 17.8 Å². The van der Waals surface area contributed by atoms with Gasteiger partial charge in [0.15, 0.2) is 0 Å². The van der Waals surface area contributed by atoms with E-state index in [1.165, 1.54) is 24.1 Å². The molecule has 166 valence electrons. The zero-order valence-corrected chi connectivity index (χ0v) is 18.3. The van der Waals surface area contributed by atoms with Crippen molar-refractivity contribution in [2.24, 2.45) is 13.0 Å². The second-order valence-corrected chi connectivity index (χ2v) is 8.05. The summed E-state index contributed by atoms with van der Waals surface area (Å²) in [6.45, 7) is 0.178. The summed E-state index contributed by atoms with van der Waals surface area (Å²) in [6.07, 6.45) is 3.40. The van der Waals surface area contributed by atoms with E-state index in [0.717, 1.165) is 0 Å². The number of amides is 2. The summed E-state index contributed by atoms with van der Waals surface area (Å²) in [6, 6.07) is 10.3. The number of halogens is 2. The molecule has 2 amide bonds. The lowest BCUT2D eigenvalue weighted by Crippen LogP contribution is -2.37. The van der Waals surface area contributed by atoms with Gasteiger partial charge in [-0.05, 0) is 35.9 Å². The Balaban J connectivity index is 1.58. The van der Waals surface area contributed by atoms with Crippen LogP contribution in [0.2, 0.25) is 5.02 Å². The molecule has 9 heteroatoms. The summed E-state index contributed by atoms with van der Waals surface area (Å²) in [5.41, 5.74) is 1.08. The van der Waals surface area contributed by atoms with Crippen LogP contribution in [0.25, 0.3) is 0 Å². The number of rotatable bonds is 6. The Kier molecular flexibility index (Phi) is 6.14. The van der Waals surface area contributed by atoms with Gasteiger partial charge >= 0.3 is 0 Å². The number of methoxy groups -OCH3 is 1. The minimum atomic E-state index is -0.664. The molecule has 4 rings (SSSR count). The van der Waals surface area contributed by atoms with E-state index in [9.17, 15) is 14.0 Å². The summed E-state index contributed by atoms with van der Waals surface area (Å²) in [7, 11) is 3.31. The molecule has 0 spiro atoms. The number of benzene rings is 2. The molecule has 3 aromatic rings. The molecule has 1 fully saturated rings. The maximum absolute atomic E-state index is 13.9. The third-order valence-corrected chi connectivity index (χ3v) is 5.75. The van der Waals surface area contributed by atoms with Crippen molar-refractivity contribution in [1.82, 2.24) is 14.9 Å². The van der Waals surface area contributed by atoms with E-state index >= 15 is 0 Å². The van der Waals surface area contributed by atoms with Crippen LogP contribution in [0.15, 0.2) is 54.9 Å². The van der Waals surface area contributed by atoms with Gasteiger partial charge < -0.3 is 19.5 Å². The van der Waals surface area contributed by atoms with Crippen LogP contribution >= 0.6 is 11.6 Å². The molecule has 0 bridgehead atoms. The molecule has 1 aliphatic rings. The smallest absolute Gasteiger partial charge is 0.227 e. The van der Waals surface area contributed by atoms with Crippen molar-refractivity contribution < 1.29 is 18.7 Å². The summed E-state index contributed by atoms with van der Waals surface area (Å²) in [5, 5.41) is 3.41. The van der Waals surface area contributed by atoms with Crippen LogP contribution in [0.4, 0.5) is 10.1 Å². The van der Waals surface area contributed by atoms with E-state index in [-0.39, 0.29) is 24.8 Å². The molecule has 7 nitrogen and oxygen atoms in total. The topological polar surface area (TPSA) is 76.5 Å². The number of aryl methyl sites for hydroxylation is 1. The first-order valence-electron chi connectivity index (χ1n) is 10.0. The Bertz CT molecular complexity index is 1170. The molecule has 0 radical (unpaired) electrons. The number of imidazole rings is 1. The summed E-state index contributed by atoms with van der Waals surface area (Å²) in [5.74, 6) is -0.478. The van der Waals surface area contributed by atoms with Gasteiger partial charge in [0.25, 0.3) is 0 Å². The van der Waals surface area contributed by atoms with Crippen LogP contribution in [-0.2, 0) is 16.6 Å². The summed E-state index contributed by atoms with van der Waals surface area (Å²) < 4.78 is 21.0. The Morgan fingerprint density at radius 2 is 2.12 bits per heavy atom. The Morgan fingerprint density at radius 3 is 2.81 bits per heavy atom. The number of anilines is 1. The van der Waals surface area contributed by atoms with Gasteiger partial charge in [0.05, 0.1) is 18.7 Å². The van der Waals surface area contributed by atoms with Crippen LogP contribution in [-0.4, -0.2) is 35.0 Å². The van der Waals surface area contributed by atoms with Crippen LogP contribution < -0.4 is 15.0 Å². The number of hydrogen-bond donors (Lipinski definition) is 1. The molecule has 1 aromatic heterocycles. The highest BCUT2D eigenvalue weighted by Crippen LogP contribution is 2.35. The largest absolute Gasteiger partial charge is 0.495 e. The second-order valence-electron chi connectivity index (χ2n) is 7.61. The highest BCUT2D eigenvalue weighted by Gasteiger charge is 2.37. The van der Waals surface area contributed by atoms with Gasteiger partial charge in [-0.2, -0.15) is 0 Å². The Morgan fingerprint density at radius 1 is 1.31 bits per heavy atom. The quantitative estimate of drug-likeness (QED) is 0.616. The molecule has 1 saturated heterocycles. The molecule has 2 unspecified atom stereocenters. The van der Waals surface area contributed by atoms with E-state index in [0.29, 0.717) is 27.8 Å². The minimum Gasteiger partial charge on any atom is -0.495 e. The number of aromatic nitrogens is 2. The first-order chi connectivity index (χ1) is 15.4. The van der Waals surface area contributed by atoms with Gasteiger partial charge in [0.2, 0.25) is 11.8 Å². The van der Waals surface area contributed by atoms with Crippen LogP contribution in [0.5, 0.6) is 5.75 Å². The average molecular weight is 457 g/mol. The fourth-order valence-electron chi connectivity index (χ4n) is 3.89. The number of nitrogens with zero attached hydrogens (tertiary/aromatic N) is 3. The lowest BCUT2D eigenvalue weighted by molar-refractivity contribution is -0.126. The fraction of sp³-hybridized carbons (Fsp3) is 0.261. The first-order valence-corrected chi connectivity index (χ1v) is 10.4.